The Bertz CT molecular complexity index is 78.0. The first kappa shape index (κ1) is 10.2. The SMILES string of the molecule is CCC(O)C(CO)CCCl. The molecule has 0 bridgehead atoms. The summed E-state index contributed by atoms with van der Waals surface area (Å²) >= 11 is 5.45. The maximum atomic E-state index is 9.23. The molecule has 0 heterocycles. The molecule has 0 rings (SSSR count). The van der Waals surface area contributed by atoms with Gasteiger partial charge in [0.1, 0.15) is 0 Å². The fourth-order valence-corrected chi connectivity index (χ4v) is 1.16. The molecule has 3 heteroatoms. The van der Waals surface area contributed by atoms with Gasteiger partial charge in [-0.1, -0.05) is 6.92 Å². The van der Waals surface area contributed by atoms with Crippen LogP contribution in [0, 0.1) is 5.92 Å². The van der Waals surface area contributed by atoms with Crippen LogP contribution in [-0.4, -0.2) is 28.8 Å². The second kappa shape index (κ2) is 5.96. The topological polar surface area (TPSA) is 40.5 Å². The molecular weight excluding hydrogens is 152 g/mol. The Hall–Kier alpha value is 0.210. The highest BCUT2D eigenvalue weighted by molar-refractivity contribution is 6.17. The zero-order valence-corrected chi connectivity index (χ0v) is 7.01. The normalized spacial score (nSPS) is 16.8. The van der Waals surface area contributed by atoms with Crippen LogP contribution in [0.25, 0.3) is 0 Å². The molecule has 0 aliphatic rings. The molecule has 0 aliphatic carbocycles. The Labute approximate surface area is 66.8 Å². The molecule has 0 aromatic heterocycles. The van der Waals surface area contributed by atoms with Gasteiger partial charge in [-0.2, -0.15) is 0 Å². The maximum absolute atomic E-state index is 9.23. The van der Waals surface area contributed by atoms with Gasteiger partial charge in [-0.3, -0.25) is 0 Å². The van der Waals surface area contributed by atoms with Gasteiger partial charge in [-0.15, -0.1) is 11.6 Å². The second-order valence-electron chi connectivity index (χ2n) is 2.40. The number of aliphatic hydroxyl groups excluding tert-OH is 2. The maximum Gasteiger partial charge on any atom is 0.0588 e. The summed E-state index contributed by atoms with van der Waals surface area (Å²) in [4.78, 5) is 0. The van der Waals surface area contributed by atoms with Crippen molar-refractivity contribution in [2.45, 2.75) is 25.9 Å². The third-order valence-corrected chi connectivity index (χ3v) is 1.90. The van der Waals surface area contributed by atoms with E-state index < -0.39 is 6.10 Å². The number of hydrogen-bond acceptors (Lipinski definition) is 2. The van der Waals surface area contributed by atoms with Crippen LogP contribution in [0.5, 0.6) is 0 Å². The first-order chi connectivity index (χ1) is 4.76. The molecule has 0 aliphatic heterocycles. The third-order valence-electron chi connectivity index (χ3n) is 1.68. The molecular formula is C7H15ClO2. The van der Waals surface area contributed by atoms with Gasteiger partial charge in [-0.05, 0) is 12.8 Å². The van der Waals surface area contributed by atoms with Gasteiger partial charge in [-0.25, -0.2) is 0 Å². The summed E-state index contributed by atoms with van der Waals surface area (Å²) in [6, 6.07) is 0. The number of hydrogen-bond donors (Lipinski definition) is 2. The van der Waals surface area contributed by atoms with Crippen LogP contribution in [0.4, 0.5) is 0 Å². The predicted octanol–water partition coefficient (Wildman–Crippen LogP) is 0.995. The Kier molecular flexibility index (Phi) is 6.08. The Morgan fingerprint density at radius 2 is 2.10 bits per heavy atom. The van der Waals surface area contributed by atoms with Crippen LogP contribution >= 0.6 is 11.6 Å². The molecule has 0 radical (unpaired) electrons. The van der Waals surface area contributed by atoms with Gasteiger partial charge in [0.15, 0.2) is 0 Å². The minimum atomic E-state index is -0.399. The van der Waals surface area contributed by atoms with Gasteiger partial charge in [0.05, 0.1) is 6.10 Å². The molecule has 2 nitrogen and oxygen atoms in total. The fourth-order valence-electron chi connectivity index (χ4n) is 0.879. The lowest BCUT2D eigenvalue weighted by Gasteiger charge is -2.17. The highest BCUT2D eigenvalue weighted by Crippen LogP contribution is 2.11. The minimum Gasteiger partial charge on any atom is -0.396 e. The third kappa shape index (κ3) is 3.40. The van der Waals surface area contributed by atoms with E-state index in [0.717, 1.165) is 0 Å². The van der Waals surface area contributed by atoms with Crippen molar-refractivity contribution in [3.63, 3.8) is 0 Å². The summed E-state index contributed by atoms with van der Waals surface area (Å²) in [6.45, 7) is 1.92. The predicted molar refractivity (Wildman–Crippen MR) is 42.2 cm³/mol. The second-order valence-corrected chi connectivity index (χ2v) is 2.77. The highest BCUT2D eigenvalue weighted by atomic mass is 35.5. The molecule has 0 aromatic carbocycles. The molecule has 2 N–H and O–H groups in total. The van der Waals surface area contributed by atoms with Crippen LogP contribution in [-0.2, 0) is 0 Å². The minimum absolute atomic E-state index is 0.0295. The molecule has 0 amide bonds. The average Bonchev–Trinajstić information content (AvgIpc) is 1.99. The summed E-state index contributed by atoms with van der Waals surface area (Å²) in [6.07, 6.45) is 0.971. The largest absolute Gasteiger partial charge is 0.396 e. The summed E-state index contributed by atoms with van der Waals surface area (Å²) in [5, 5.41) is 18.0. The summed E-state index contributed by atoms with van der Waals surface area (Å²) in [5.41, 5.74) is 0. The lowest BCUT2D eigenvalue weighted by Crippen LogP contribution is -2.23. The van der Waals surface area contributed by atoms with Crippen molar-refractivity contribution in [1.82, 2.24) is 0 Å². The standard InChI is InChI=1S/C7H15ClO2/c1-2-7(10)6(5-9)3-4-8/h6-7,9-10H,2-5H2,1H3. The first-order valence-electron chi connectivity index (χ1n) is 3.61. The lowest BCUT2D eigenvalue weighted by atomic mass is 9.99. The van der Waals surface area contributed by atoms with E-state index >= 15 is 0 Å². The average molecular weight is 167 g/mol. The van der Waals surface area contributed by atoms with Crippen molar-refractivity contribution in [3.05, 3.63) is 0 Å². The summed E-state index contributed by atoms with van der Waals surface area (Å²) in [7, 11) is 0. The summed E-state index contributed by atoms with van der Waals surface area (Å²) < 4.78 is 0. The molecule has 62 valence electrons. The highest BCUT2D eigenvalue weighted by Gasteiger charge is 2.14. The Morgan fingerprint density at radius 1 is 1.50 bits per heavy atom. The van der Waals surface area contributed by atoms with Crippen molar-refractivity contribution in [2.24, 2.45) is 5.92 Å². The number of alkyl halides is 1. The first-order valence-corrected chi connectivity index (χ1v) is 4.14. The van der Waals surface area contributed by atoms with Crippen molar-refractivity contribution in [2.75, 3.05) is 12.5 Å². The molecule has 0 saturated carbocycles. The van der Waals surface area contributed by atoms with Crippen molar-refractivity contribution >= 4 is 11.6 Å². The van der Waals surface area contributed by atoms with Crippen LogP contribution in [0.15, 0.2) is 0 Å². The van der Waals surface area contributed by atoms with Gasteiger partial charge in [0.25, 0.3) is 0 Å². The quantitative estimate of drug-likeness (QED) is 0.599. The number of aliphatic hydroxyl groups is 2. The molecule has 10 heavy (non-hydrogen) atoms. The number of halogens is 1. The molecule has 0 saturated heterocycles. The molecule has 0 fully saturated rings. The van der Waals surface area contributed by atoms with Crippen LogP contribution in [0.2, 0.25) is 0 Å². The smallest absolute Gasteiger partial charge is 0.0588 e. The monoisotopic (exact) mass is 166 g/mol. The Morgan fingerprint density at radius 3 is 2.40 bits per heavy atom. The van der Waals surface area contributed by atoms with Gasteiger partial charge >= 0.3 is 0 Å². The van der Waals surface area contributed by atoms with Gasteiger partial charge < -0.3 is 10.2 Å². The van der Waals surface area contributed by atoms with Crippen molar-refractivity contribution < 1.29 is 10.2 Å². The van der Waals surface area contributed by atoms with E-state index in [9.17, 15) is 5.11 Å². The number of rotatable bonds is 5. The van der Waals surface area contributed by atoms with Gasteiger partial charge in [0.2, 0.25) is 0 Å². The summed E-state index contributed by atoms with van der Waals surface area (Å²) in [5.74, 6) is 0.463. The molecule has 2 unspecified atom stereocenters. The van der Waals surface area contributed by atoms with Gasteiger partial charge in [0, 0.05) is 18.4 Å². The van der Waals surface area contributed by atoms with Crippen molar-refractivity contribution in [1.29, 1.82) is 0 Å². The van der Waals surface area contributed by atoms with Crippen LogP contribution < -0.4 is 0 Å². The zero-order valence-electron chi connectivity index (χ0n) is 6.26. The zero-order chi connectivity index (χ0) is 7.98. The van der Waals surface area contributed by atoms with E-state index in [4.69, 9.17) is 16.7 Å². The fraction of sp³-hybridized carbons (Fsp3) is 1.00. The van der Waals surface area contributed by atoms with E-state index in [1.807, 2.05) is 6.92 Å². The van der Waals surface area contributed by atoms with E-state index in [-0.39, 0.29) is 12.5 Å². The van der Waals surface area contributed by atoms with Crippen LogP contribution in [0.3, 0.4) is 0 Å². The van der Waals surface area contributed by atoms with E-state index in [2.05, 4.69) is 0 Å². The molecule has 0 spiro atoms. The van der Waals surface area contributed by atoms with E-state index in [0.29, 0.717) is 18.7 Å². The molecule has 2 atom stereocenters. The lowest BCUT2D eigenvalue weighted by molar-refractivity contribution is 0.0629. The van der Waals surface area contributed by atoms with Crippen molar-refractivity contribution in [3.8, 4) is 0 Å². The van der Waals surface area contributed by atoms with E-state index in [1.165, 1.54) is 0 Å². The van der Waals surface area contributed by atoms with E-state index in [1.54, 1.807) is 0 Å². The van der Waals surface area contributed by atoms with Crippen LogP contribution in [0.1, 0.15) is 19.8 Å². The molecule has 0 aromatic rings. The Balaban J connectivity index is 3.56.